The lowest BCUT2D eigenvalue weighted by molar-refractivity contribution is 0.102. The molecule has 0 saturated carbocycles. The summed E-state index contributed by atoms with van der Waals surface area (Å²) in [5.74, 6) is -0.482. The van der Waals surface area contributed by atoms with Crippen molar-refractivity contribution >= 4 is 23.3 Å². The number of benzene rings is 1. The van der Waals surface area contributed by atoms with Gasteiger partial charge in [-0.15, -0.1) is 0 Å². The van der Waals surface area contributed by atoms with Gasteiger partial charge in [0.2, 0.25) is 0 Å². The molecule has 1 N–H and O–H groups in total. The van der Waals surface area contributed by atoms with Crippen LogP contribution >= 0.6 is 11.6 Å². The van der Waals surface area contributed by atoms with Gasteiger partial charge >= 0.3 is 0 Å². The summed E-state index contributed by atoms with van der Waals surface area (Å²) in [6, 6.07) is 7.25. The number of carbonyl (C=O) groups excluding carboxylic acids is 1. The molecule has 0 unspecified atom stereocenters. The Labute approximate surface area is 109 Å². The van der Waals surface area contributed by atoms with Crippen molar-refractivity contribution in [2.75, 3.05) is 5.32 Å². The second kappa shape index (κ2) is 5.14. The first-order valence-corrected chi connectivity index (χ1v) is 5.63. The Morgan fingerprint density at radius 1 is 1.33 bits per heavy atom. The Hall–Kier alpha value is -1.94. The van der Waals surface area contributed by atoms with Gasteiger partial charge in [0.05, 0.1) is 5.02 Å². The van der Waals surface area contributed by atoms with Crippen molar-refractivity contribution in [3.63, 3.8) is 0 Å². The average molecular weight is 265 g/mol. The quantitative estimate of drug-likeness (QED) is 0.903. The van der Waals surface area contributed by atoms with Gasteiger partial charge in [-0.05, 0) is 36.8 Å². The van der Waals surface area contributed by atoms with Crippen LogP contribution in [0, 0.1) is 12.7 Å². The van der Waals surface area contributed by atoms with Gasteiger partial charge in [-0.2, -0.15) is 0 Å². The highest BCUT2D eigenvalue weighted by Crippen LogP contribution is 2.14. The smallest absolute Gasteiger partial charge is 0.257 e. The Balaban J connectivity index is 2.21. The summed E-state index contributed by atoms with van der Waals surface area (Å²) in [4.78, 5) is 15.9. The molecule has 18 heavy (non-hydrogen) atoms. The molecule has 1 amide bonds. The van der Waals surface area contributed by atoms with E-state index in [1.54, 1.807) is 25.1 Å². The number of aromatic nitrogens is 1. The summed E-state index contributed by atoms with van der Waals surface area (Å²) in [5, 5.41) is 3.06. The highest BCUT2D eigenvalue weighted by molar-refractivity contribution is 6.30. The summed E-state index contributed by atoms with van der Waals surface area (Å²) in [5.41, 5.74) is 0.981. The van der Waals surface area contributed by atoms with E-state index in [0.29, 0.717) is 16.4 Å². The molecule has 1 aromatic carbocycles. The number of carbonyl (C=O) groups is 1. The largest absolute Gasteiger partial charge is 0.307 e. The number of aryl methyl sites for hydroxylation is 1. The van der Waals surface area contributed by atoms with Gasteiger partial charge in [0.1, 0.15) is 11.6 Å². The van der Waals surface area contributed by atoms with E-state index >= 15 is 0 Å². The van der Waals surface area contributed by atoms with Crippen LogP contribution in [0.25, 0.3) is 0 Å². The number of nitrogens with zero attached hydrogens (tertiary/aromatic N) is 1. The van der Waals surface area contributed by atoms with Crippen LogP contribution in [-0.4, -0.2) is 10.9 Å². The number of pyridine rings is 1. The van der Waals surface area contributed by atoms with E-state index < -0.39 is 11.7 Å². The highest BCUT2D eigenvalue weighted by Gasteiger charge is 2.10. The van der Waals surface area contributed by atoms with Gasteiger partial charge in [0.15, 0.2) is 0 Å². The van der Waals surface area contributed by atoms with Crippen LogP contribution in [0.5, 0.6) is 0 Å². The van der Waals surface area contributed by atoms with Crippen molar-refractivity contribution in [3.8, 4) is 0 Å². The van der Waals surface area contributed by atoms with Crippen LogP contribution < -0.4 is 5.32 Å². The Morgan fingerprint density at radius 2 is 2.11 bits per heavy atom. The molecule has 5 heteroatoms. The molecule has 1 heterocycles. The molecule has 0 saturated heterocycles. The fourth-order valence-electron chi connectivity index (χ4n) is 1.47. The molecule has 2 rings (SSSR count). The molecular formula is C13H10ClFN2O. The zero-order valence-electron chi connectivity index (χ0n) is 9.58. The molecule has 2 aromatic rings. The molecule has 0 bridgehead atoms. The SMILES string of the molecule is Cc1ccc(F)cc1C(=O)Nc1ccc(Cl)cn1. The van der Waals surface area contributed by atoms with E-state index in [1.165, 1.54) is 18.3 Å². The van der Waals surface area contributed by atoms with Crippen LogP contribution in [0.1, 0.15) is 15.9 Å². The van der Waals surface area contributed by atoms with Crippen molar-refractivity contribution in [1.29, 1.82) is 0 Å². The minimum Gasteiger partial charge on any atom is -0.307 e. The van der Waals surface area contributed by atoms with Crippen molar-refractivity contribution < 1.29 is 9.18 Å². The second-order valence-corrected chi connectivity index (χ2v) is 4.21. The predicted molar refractivity (Wildman–Crippen MR) is 68.3 cm³/mol. The maximum absolute atomic E-state index is 13.1. The van der Waals surface area contributed by atoms with Crippen molar-refractivity contribution in [2.45, 2.75) is 6.92 Å². The summed E-state index contributed by atoms with van der Waals surface area (Å²) in [6.45, 7) is 1.74. The standard InChI is InChI=1S/C13H10ClFN2O/c1-8-2-4-10(15)6-11(8)13(18)17-12-5-3-9(14)7-16-12/h2-7H,1H3,(H,16,17,18). The number of hydrogen-bond donors (Lipinski definition) is 1. The normalized spacial score (nSPS) is 10.2. The molecule has 3 nitrogen and oxygen atoms in total. The maximum atomic E-state index is 13.1. The minimum atomic E-state index is -0.449. The van der Waals surface area contributed by atoms with E-state index in [1.807, 2.05) is 0 Å². The van der Waals surface area contributed by atoms with Gasteiger partial charge in [-0.1, -0.05) is 17.7 Å². The first kappa shape index (κ1) is 12.5. The number of amides is 1. The Kier molecular flexibility index (Phi) is 3.58. The molecule has 0 aliphatic rings. The van der Waals surface area contributed by atoms with E-state index in [2.05, 4.69) is 10.3 Å². The number of hydrogen-bond acceptors (Lipinski definition) is 2. The summed E-state index contributed by atoms with van der Waals surface area (Å²) < 4.78 is 13.1. The predicted octanol–water partition coefficient (Wildman–Crippen LogP) is 3.43. The first-order valence-electron chi connectivity index (χ1n) is 5.25. The first-order chi connectivity index (χ1) is 8.56. The molecular weight excluding hydrogens is 255 g/mol. The van der Waals surface area contributed by atoms with E-state index in [4.69, 9.17) is 11.6 Å². The summed E-state index contributed by atoms with van der Waals surface area (Å²) >= 11 is 5.69. The monoisotopic (exact) mass is 264 g/mol. The van der Waals surface area contributed by atoms with E-state index in [-0.39, 0.29) is 5.56 Å². The minimum absolute atomic E-state index is 0.284. The Morgan fingerprint density at radius 3 is 2.78 bits per heavy atom. The fraction of sp³-hybridized carbons (Fsp3) is 0.0769. The molecule has 0 fully saturated rings. The van der Waals surface area contributed by atoms with E-state index in [0.717, 1.165) is 0 Å². The number of halogens is 2. The van der Waals surface area contributed by atoms with Crippen LogP contribution in [0.15, 0.2) is 36.5 Å². The lowest BCUT2D eigenvalue weighted by Crippen LogP contribution is -2.14. The lowest BCUT2D eigenvalue weighted by atomic mass is 10.1. The molecule has 0 spiro atoms. The van der Waals surface area contributed by atoms with Gasteiger partial charge in [-0.3, -0.25) is 4.79 Å². The van der Waals surface area contributed by atoms with Gasteiger partial charge in [0.25, 0.3) is 5.91 Å². The van der Waals surface area contributed by atoms with Crippen LogP contribution in [0.3, 0.4) is 0 Å². The van der Waals surface area contributed by atoms with Crippen LogP contribution in [0.4, 0.5) is 10.2 Å². The summed E-state index contributed by atoms with van der Waals surface area (Å²) in [6.07, 6.45) is 1.43. The average Bonchev–Trinajstić information content (AvgIpc) is 2.35. The third kappa shape index (κ3) is 2.84. The molecule has 0 radical (unpaired) electrons. The fourth-order valence-corrected chi connectivity index (χ4v) is 1.58. The Bertz CT molecular complexity index is 584. The van der Waals surface area contributed by atoms with Crippen molar-refractivity contribution in [2.24, 2.45) is 0 Å². The number of rotatable bonds is 2. The van der Waals surface area contributed by atoms with Crippen molar-refractivity contribution in [1.82, 2.24) is 4.98 Å². The summed E-state index contributed by atoms with van der Waals surface area (Å²) in [7, 11) is 0. The number of anilines is 1. The molecule has 92 valence electrons. The van der Waals surface area contributed by atoms with Crippen LogP contribution in [0.2, 0.25) is 5.02 Å². The topological polar surface area (TPSA) is 42.0 Å². The van der Waals surface area contributed by atoms with Gasteiger partial charge in [-0.25, -0.2) is 9.37 Å². The van der Waals surface area contributed by atoms with Gasteiger partial charge in [0, 0.05) is 11.8 Å². The number of nitrogens with one attached hydrogen (secondary N) is 1. The molecule has 0 aliphatic carbocycles. The van der Waals surface area contributed by atoms with Crippen molar-refractivity contribution in [3.05, 3.63) is 58.5 Å². The third-order valence-electron chi connectivity index (χ3n) is 2.41. The zero-order chi connectivity index (χ0) is 13.1. The second-order valence-electron chi connectivity index (χ2n) is 3.78. The lowest BCUT2D eigenvalue weighted by Gasteiger charge is -2.07. The maximum Gasteiger partial charge on any atom is 0.257 e. The highest BCUT2D eigenvalue weighted by atomic mass is 35.5. The molecule has 1 aromatic heterocycles. The van der Waals surface area contributed by atoms with Gasteiger partial charge < -0.3 is 5.32 Å². The third-order valence-corrected chi connectivity index (χ3v) is 2.64. The molecule has 0 atom stereocenters. The van der Waals surface area contributed by atoms with E-state index in [9.17, 15) is 9.18 Å². The van der Waals surface area contributed by atoms with Crippen LogP contribution in [-0.2, 0) is 0 Å². The molecule has 0 aliphatic heterocycles. The zero-order valence-corrected chi connectivity index (χ0v) is 10.3.